The van der Waals surface area contributed by atoms with Crippen LogP contribution in [-0.2, 0) is 10.2 Å². The lowest BCUT2D eigenvalue weighted by molar-refractivity contribution is -0.149. The zero-order valence-electron chi connectivity index (χ0n) is 12.1. The number of carbonyl (C=O) groups is 1. The molecule has 0 saturated heterocycles. The fourth-order valence-corrected chi connectivity index (χ4v) is 5.95. The molecule has 0 aliphatic heterocycles. The molecule has 1 aromatic rings. The van der Waals surface area contributed by atoms with Gasteiger partial charge in [-0.2, -0.15) is 0 Å². The standard InChI is InChI=1S/C17H21ClN2O/c18-14-3-1-13(2-4-14)16-6-11-5-12(7-16)9-17(8-11,10-16)15(21)20-19/h1-4,11-12H,5-10,19H2,(H,20,21)/t11-,12-,16?,17?/m1/s1. The van der Waals surface area contributed by atoms with Crippen LogP contribution >= 0.6 is 11.6 Å². The van der Waals surface area contributed by atoms with E-state index in [4.69, 9.17) is 17.4 Å². The van der Waals surface area contributed by atoms with Crippen LogP contribution in [0.25, 0.3) is 0 Å². The van der Waals surface area contributed by atoms with E-state index in [-0.39, 0.29) is 16.7 Å². The monoisotopic (exact) mass is 304 g/mol. The van der Waals surface area contributed by atoms with Gasteiger partial charge in [0.05, 0.1) is 5.41 Å². The van der Waals surface area contributed by atoms with E-state index < -0.39 is 0 Å². The summed E-state index contributed by atoms with van der Waals surface area (Å²) in [6, 6.07) is 8.27. The third-order valence-corrected chi connectivity index (χ3v) is 6.38. The summed E-state index contributed by atoms with van der Waals surface area (Å²) in [6.07, 6.45) is 6.69. The molecule has 3 nitrogen and oxygen atoms in total. The first-order chi connectivity index (χ1) is 10.1. The van der Waals surface area contributed by atoms with Crippen molar-refractivity contribution >= 4 is 17.5 Å². The first-order valence-electron chi connectivity index (χ1n) is 7.82. The van der Waals surface area contributed by atoms with Gasteiger partial charge in [0.25, 0.3) is 0 Å². The third-order valence-electron chi connectivity index (χ3n) is 6.13. The number of hydrogen-bond donors (Lipinski definition) is 2. The summed E-state index contributed by atoms with van der Waals surface area (Å²) in [5, 5.41) is 0.776. The van der Waals surface area contributed by atoms with Crippen LogP contribution < -0.4 is 11.3 Å². The Bertz CT molecular complexity index is 569. The maximum Gasteiger partial charge on any atom is 0.240 e. The highest BCUT2D eigenvalue weighted by atomic mass is 35.5. The van der Waals surface area contributed by atoms with Gasteiger partial charge in [-0.25, -0.2) is 5.84 Å². The summed E-state index contributed by atoms with van der Waals surface area (Å²) < 4.78 is 0. The number of carbonyl (C=O) groups excluding carboxylic acids is 1. The van der Waals surface area contributed by atoms with Crippen molar-refractivity contribution in [1.29, 1.82) is 0 Å². The molecule has 1 aromatic carbocycles. The molecular formula is C17H21ClN2O. The Morgan fingerprint density at radius 1 is 1.14 bits per heavy atom. The van der Waals surface area contributed by atoms with Gasteiger partial charge in [0, 0.05) is 5.02 Å². The maximum atomic E-state index is 12.4. The minimum Gasteiger partial charge on any atom is -0.294 e. The fraction of sp³-hybridized carbons (Fsp3) is 0.588. The quantitative estimate of drug-likeness (QED) is 0.501. The molecule has 2 atom stereocenters. The van der Waals surface area contributed by atoms with Crippen molar-refractivity contribution < 1.29 is 4.79 Å². The Hall–Kier alpha value is -1.06. The summed E-state index contributed by atoms with van der Waals surface area (Å²) in [6.45, 7) is 0. The number of hydrogen-bond acceptors (Lipinski definition) is 2. The van der Waals surface area contributed by atoms with Gasteiger partial charge in [-0.05, 0) is 73.5 Å². The molecular weight excluding hydrogens is 284 g/mol. The predicted molar refractivity (Wildman–Crippen MR) is 82.6 cm³/mol. The summed E-state index contributed by atoms with van der Waals surface area (Å²) in [5.74, 6) is 6.86. The van der Waals surface area contributed by atoms with Crippen molar-refractivity contribution in [2.75, 3.05) is 0 Å². The van der Waals surface area contributed by atoms with Crippen molar-refractivity contribution in [1.82, 2.24) is 5.43 Å². The molecule has 112 valence electrons. The topological polar surface area (TPSA) is 55.1 Å². The van der Waals surface area contributed by atoms with Gasteiger partial charge in [0.2, 0.25) is 5.91 Å². The van der Waals surface area contributed by atoms with E-state index in [1.165, 1.54) is 24.8 Å². The summed E-state index contributed by atoms with van der Waals surface area (Å²) in [4.78, 5) is 12.4. The summed E-state index contributed by atoms with van der Waals surface area (Å²) in [7, 11) is 0. The van der Waals surface area contributed by atoms with Crippen LogP contribution in [0.4, 0.5) is 0 Å². The second-order valence-electron chi connectivity index (χ2n) is 7.50. The second kappa shape index (κ2) is 4.47. The number of amides is 1. The van der Waals surface area contributed by atoms with Crippen LogP contribution in [0.5, 0.6) is 0 Å². The highest BCUT2D eigenvalue weighted by molar-refractivity contribution is 6.30. The molecule has 4 aliphatic rings. The summed E-state index contributed by atoms with van der Waals surface area (Å²) in [5.41, 5.74) is 3.71. The minimum absolute atomic E-state index is 0.0509. The summed E-state index contributed by atoms with van der Waals surface area (Å²) >= 11 is 6.04. The number of benzene rings is 1. The van der Waals surface area contributed by atoms with E-state index in [9.17, 15) is 4.79 Å². The molecule has 4 saturated carbocycles. The molecule has 21 heavy (non-hydrogen) atoms. The van der Waals surface area contributed by atoms with Crippen LogP contribution in [0, 0.1) is 17.3 Å². The van der Waals surface area contributed by atoms with Crippen LogP contribution in [0.3, 0.4) is 0 Å². The van der Waals surface area contributed by atoms with Gasteiger partial charge in [0.1, 0.15) is 0 Å². The van der Waals surface area contributed by atoms with E-state index in [1.807, 2.05) is 12.1 Å². The average molecular weight is 305 g/mol. The Labute approximate surface area is 130 Å². The van der Waals surface area contributed by atoms with Crippen molar-refractivity contribution in [2.24, 2.45) is 23.1 Å². The zero-order chi connectivity index (χ0) is 14.7. The highest BCUT2D eigenvalue weighted by Crippen LogP contribution is 2.65. The molecule has 5 rings (SSSR count). The Balaban J connectivity index is 1.76. The Morgan fingerprint density at radius 3 is 2.33 bits per heavy atom. The van der Waals surface area contributed by atoms with Crippen LogP contribution in [-0.4, -0.2) is 5.91 Å². The SMILES string of the molecule is NNC(=O)C12C[C@@H]3C[C@@H](C1)CC(c1ccc(Cl)cc1)(C3)C2. The minimum atomic E-state index is -0.238. The molecule has 4 aliphatic carbocycles. The van der Waals surface area contributed by atoms with Crippen LogP contribution in [0.1, 0.15) is 44.1 Å². The smallest absolute Gasteiger partial charge is 0.240 e. The lowest BCUT2D eigenvalue weighted by Crippen LogP contribution is -2.59. The molecule has 0 aromatic heterocycles. The van der Waals surface area contributed by atoms with Gasteiger partial charge in [-0.15, -0.1) is 0 Å². The zero-order valence-corrected chi connectivity index (χ0v) is 12.8. The van der Waals surface area contributed by atoms with E-state index in [2.05, 4.69) is 17.6 Å². The van der Waals surface area contributed by atoms with Crippen molar-refractivity contribution in [3.05, 3.63) is 34.9 Å². The average Bonchev–Trinajstić information content (AvgIpc) is 2.45. The van der Waals surface area contributed by atoms with E-state index in [1.54, 1.807) is 0 Å². The van der Waals surface area contributed by atoms with Crippen molar-refractivity contribution in [3.8, 4) is 0 Å². The lowest BCUT2D eigenvalue weighted by Gasteiger charge is -2.61. The lowest BCUT2D eigenvalue weighted by atomic mass is 9.42. The Kier molecular flexibility index (Phi) is 2.89. The number of nitrogens with one attached hydrogen (secondary N) is 1. The highest BCUT2D eigenvalue weighted by Gasteiger charge is 2.60. The molecule has 0 unspecified atom stereocenters. The predicted octanol–water partition coefficient (Wildman–Crippen LogP) is 3.17. The maximum absolute atomic E-state index is 12.4. The molecule has 4 fully saturated rings. The molecule has 3 N–H and O–H groups in total. The molecule has 1 amide bonds. The van der Waals surface area contributed by atoms with Gasteiger partial charge < -0.3 is 0 Å². The normalized spacial score (nSPS) is 40.3. The van der Waals surface area contributed by atoms with Gasteiger partial charge in [0.15, 0.2) is 0 Å². The van der Waals surface area contributed by atoms with E-state index in [0.717, 1.165) is 24.3 Å². The second-order valence-corrected chi connectivity index (χ2v) is 7.94. The van der Waals surface area contributed by atoms with Gasteiger partial charge in [-0.1, -0.05) is 23.7 Å². The molecule has 4 heteroatoms. The molecule has 0 radical (unpaired) electrons. The largest absolute Gasteiger partial charge is 0.294 e. The van der Waals surface area contributed by atoms with Crippen LogP contribution in [0.15, 0.2) is 24.3 Å². The fourth-order valence-electron chi connectivity index (χ4n) is 5.82. The molecule has 0 spiro atoms. The van der Waals surface area contributed by atoms with Crippen molar-refractivity contribution in [3.63, 3.8) is 0 Å². The molecule has 4 bridgehead atoms. The first-order valence-corrected chi connectivity index (χ1v) is 8.20. The van der Waals surface area contributed by atoms with Gasteiger partial charge in [-0.3, -0.25) is 10.2 Å². The van der Waals surface area contributed by atoms with Crippen LogP contribution in [0.2, 0.25) is 5.02 Å². The van der Waals surface area contributed by atoms with E-state index >= 15 is 0 Å². The number of nitrogens with two attached hydrogens (primary N) is 1. The number of hydrazine groups is 1. The van der Waals surface area contributed by atoms with Gasteiger partial charge >= 0.3 is 0 Å². The van der Waals surface area contributed by atoms with E-state index in [0.29, 0.717) is 11.8 Å². The third kappa shape index (κ3) is 1.94. The van der Waals surface area contributed by atoms with Crippen molar-refractivity contribution in [2.45, 2.75) is 43.9 Å². The first kappa shape index (κ1) is 13.6. The number of rotatable bonds is 2. The Morgan fingerprint density at radius 2 is 1.76 bits per heavy atom. The number of halogens is 1. The molecule has 0 heterocycles.